The molecular weight excluding hydrogens is 235 g/mol. The Balaban J connectivity index is 0.00000225. The maximum atomic E-state index is 10.7. The molecule has 0 fully saturated rings. The van der Waals surface area contributed by atoms with Gasteiger partial charge in [-0.15, -0.1) is 0 Å². The van der Waals surface area contributed by atoms with Gasteiger partial charge >= 0.3 is 29.6 Å². The minimum absolute atomic E-state index is 0. The molecule has 0 amide bonds. The van der Waals surface area contributed by atoms with Gasteiger partial charge in [-0.25, -0.2) is 8.42 Å². The minimum Gasteiger partial charge on any atom is -0.744 e. The van der Waals surface area contributed by atoms with Crippen molar-refractivity contribution < 1.29 is 42.5 Å². The molecule has 0 aromatic heterocycles. The van der Waals surface area contributed by atoms with Crippen molar-refractivity contribution in [3.63, 3.8) is 0 Å². The van der Waals surface area contributed by atoms with Crippen LogP contribution in [0.5, 0.6) is 0 Å². The zero-order valence-electron chi connectivity index (χ0n) is 9.93. The van der Waals surface area contributed by atoms with Crippen LogP contribution in [0.4, 0.5) is 0 Å². The second-order valence-electron chi connectivity index (χ2n) is 3.54. The maximum absolute atomic E-state index is 10.7. The zero-order chi connectivity index (χ0) is 11.5. The average molecular weight is 250 g/mol. The van der Waals surface area contributed by atoms with Gasteiger partial charge in [-0.3, -0.25) is 0 Å². The first kappa shape index (κ1) is 16.1. The first-order valence-electron chi connectivity index (χ1n) is 5.04. The molecule has 0 bridgehead atoms. The summed E-state index contributed by atoms with van der Waals surface area (Å²) in [6.45, 7) is 4.18. The standard InChI is InChI=1S/C11H16O3S.Na/c1-3-9(4-2)10-5-7-11(8-6-10)15(12,13)14;/h5-9H,3-4H2,1-2H3,(H,12,13,14);/q;+1/p-1. The molecule has 16 heavy (non-hydrogen) atoms. The van der Waals surface area contributed by atoms with E-state index in [9.17, 15) is 13.0 Å². The summed E-state index contributed by atoms with van der Waals surface area (Å²) in [4.78, 5) is -0.155. The van der Waals surface area contributed by atoms with Crippen molar-refractivity contribution in [1.82, 2.24) is 0 Å². The van der Waals surface area contributed by atoms with Crippen LogP contribution in [0, 0.1) is 0 Å². The fourth-order valence-electron chi connectivity index (χ4n) is 1.67. The first-order valence-corrected chi connectivity index (χ1v) is 6.45. The quantitative estimate of drug-likeness (QED) is 0.534. The molecule has 1 aromatic carbocycles. The van der Waals surface area contributed by atoms with E-state index in [0.29, 0.717) is 5.92 Å². The topological polar surface area (TPSA) is 57.2 Å². The Morgan fingerprint density at radius 2 is 1.56 bits per heavy atom. The van der Waals surface area contributed by atoms with Crippen LogP contribution in [0.25, 0.3) is 0 Å². The third-order valence-electron chi connectivity index (χ3n) is 2.63. The van der Waals surface area contributed by atoms with Gasteiger partial charge in [0, 0.05) is 0 Å². The van der Waals surface area contributed by atoms with Crippen LogP contribution in [0.1, 0.15) is 38.2 Å². The van der Waals surface area contributed by atoms with Gasteiger partial charge in [-0.2, -0.15) is 0 Å². The Morgan fingerprint density at radius 3 is 1.88 bits per heavy atom. The van der Waals surface area contributed by atoms with E-state index in [4.69, 9.17) is 0 Å². The monoisotopic (exact) mass is 250 g/mol. The van der Waals surface area contributed by atoms with E-state index in [0.717, 1.165) is 18.4 Å². The summed E-state index contributed by atoms with van der Waals surface area (Å²) in [5.74, 6) is 0.438. The zero-order valence-corrected chi connectivity index (χ0v) is 12.8. The number of rotatable bonds is 4. The number of hydrogen-bond acceptors (Lipinski definition) is 3. The van der Waals surface area contributed by atoms with Gasteiger partial charge in [0.2, 0.25) is 0 Å². The van der Waals surface area contributed by atoms with Crippen LogP contribution in [-0.4, -0.2) is 13.0 Å². The van der Waals surface area contributed by atoms with Crippen molar-refractivity contribution >= 4 is 10.1 Å². The molecule has 1 aromatic rings. The molecule has 0 saturated heterocycles. The Bertz CT molecular complexity index is 407. The van der Waals surface area contributed by atoms with Gasteiger partial charge < -0.3 is 4.55 Å². The van der Waals surface area contributed by atoms with Crippen LogP contribution in [0.3, 0.4) is 0 Å². The van der Waals surface area contributed by atoms with Crippen molar-refractivity contribution in [2.75, 3.05) is 0 Å². The third kappa shape index (κ3) is 4.18. The fraction of sp³-hybridized carbons (Fsp3) is 0.455. The Kier molecular flexibility index (Phi) is 6.82. The van der Waals surface area contributed by atoms with Gasteiger partial charge in [0.15, 0.2) is 0 Å². The molecule has 84 valence electrons. The molecule has 0 aliphatic heterocycles. The van der Waals surface area contributed by atoms with Crippen LogP contribution in [0.2, 0.25) is 0 Å². The molecule has 3 nitrogen and oxygen atoms in total. The maximum Gasteiger partial charge on any atom is 1.00 e. The van der Waals surface area contributed by atoms with Crippen molar-refractivity contribution in [3.05, 3.63) is 29.8 Å². The molecule has 0 atom stereocenters. The molecular formula is C11H15NaO3S. The summed E-state index contributed by atoms with van der Waals surface area (Å²) >= 11 is 0. The van der Waals surface area contributed by atoms with Crippen LogP contribution in [-0.2, 0) is 10.1 Å². The summed E-state index contributed by atoms with van der Waals surface area (Å²) in [5, 5.41) is 0. The van der Waals surface area contributed by atoms with Crippen LogP contribution < -0.4 is 29.6 Å². The summed E-state index contributed by atoms with van der Waals surface area (Å²) in [7, 11) is -4.31. The normalized spacial score (nSPS) is 11.2. The molecule has 0 saturated carbocycles. The number of hydrogen-bond donors (Lipinski definition) is 0. The van der Waals surface area contributed by atoms with E-state index < -0.39 is 10.1 Å². The molecule has 0 unspecified atom stereocenters. The molecule has 0 N–H and O–H groups in total. The van der Waals surface area contributed by atoms with Crippen molar-refractivity contribution in [1.29, 1.82) is 0 Å². The van der Waals surface area contributed by atoms with Gasteiger partial charge in [0.1, 0.15) is 10.1 Å². The first-order chi connectivity index (χ1) is 6.99. The molecule has 0 aliphatic rings. The largest absolute Gasteiger partial charge is 1.00 e. The van der Waals surface area contributed by atoms with Crippen molar-refractivity contribution in [2.24, 2.45) is 0 Å². The molecule has 5 heteroatoms. The molecule has 1 rings (SSSR count). The molecule has 0 spiro atoms. The second-order valence-corrected chi connectivity index (χ2v) is 4.92. The summed E-state index contributed by atoms with van der Waals surface area (Å²) in [6.07, 6.45) is 2.03. The predicted octanol–water partition coefficient (Wildman–Crippen LogP) is -0.502. The summed E-state index contributed by atoms with van der Waals surface area (Å²) in [6, 6.07) is 6.22. The van der Waals surface area contributed by atoms with E-state index in [2.05, 4.69) is 13.8 Å². The van der Waals surface area contributed by atoms with E-state index in [-0.39, 0.29) is 34.5 Å². The summed E-state index contributed by atoms with van der Waals surface area (Å²) < 4.78 is 32.1. The molecule has 0 heterocycles. The Labute approximate surface area is 119 Å². The second kappa shape index (κ2) is 6.77. The van der Waals surface area contributed by atoms with E-state index in [1.807, 2.05) is 0 Å². The Hall–Kier alpha value is 0.130. The van der Waals surface area contributed by atoms with Gasteiger partial charge in [-0.05, 0) is 36.5 Å². The van der Waals surface area contributed by atoms with Gasteiger partial charge in [0.05, 0.1) is 4.90 Å². The van der Waals surface area contributed by atoms with E-state index >= 15 is 0 Å². The number of benzene rings is 1. The van der Waals surface area contributed by atoms with E-state index in [1.54, 1.807) is 12.1 Å². The van der Waals surface area contributed by atoms with Crippen LogP contribution in [0.15, 0.2) is 29.2 Å². The Morgan fingerprint density at radius 1 is 1.12 bits per heavy atom. The van der Waals surface area contributed by atoms with E-state index in [1.165, 1.54) is 12.1 Å². The minimum atomic E-state index is -4.31. The van der Waals surface area contributed by atoms with Crippen LogP contribution >= 0.6 is 0 Å². The molecule has 0 radical (unpaired) electrons. The molecule has 0 aliphatic carbocycles. The van der Waals surface area contributed by atoms with Gasteiger partial charge in [0.25, 0.3) is 0 Å². The SMILES string of the molecule is CCC(CC)c1ccc(S(=O)(=O)[O-])cc1.[Na+]. The van der Waals surface area contributed by atoms with Crippen molar-refractivity contribution in [2.45, 2.75) is 37.5 Å². The predicted molar refractivity (Wildman–Crippen MR) is 57.7 cm³/mol. The third-order valence-corrected chi connectivity index (χ3v) is 3.48. The smallest absolute Gasteiger partial charge is 0.744 e. The summed E-state index contributed by atoms with van der Waals surface area (Å²) in [5.41, 5.74) is 1.09. The van der Waals surface area contributed by atoms with Crippen molar-refractivity contribution in [3.8, 4) is 0 Å². The average Bonchev–Trinajstić information content (AvgIpc) is 2.19. The van der Waals surface area contributed by atoms with Gasteiger partial charge in [-0.1, -0.05) is 26.0 Å². The fourth-order valence-corrected chi connectivity index (χ4v) is 2.14.